The molecule has 0 heterocycles. The molecule has 0 saturated heterocycles. The fourth-order valence-corrected chi connectivity index (χ4v) is 4.75. The van der Waals surface area contributed by atoms with Gasteiger partial charge in [0, 0.05) is 44.5 Å². The van der Waals surface area contributed by atoms with Crippen molar-refractivity contribution in [3.8, 4) is 0 Å². The van der Waals surface area contributed by atoms with Crippen LogP contribution in [-0.2, 0) is 27.6 Å². The van der Waals surface area contributed by atoms with E-state index in [1.807, 2.05) is 20.8 Å². The number of ether oxygens (including phenoxy) is 1. The summed E-state index contributed by atoms with van der Waals surface area (Å²) < 4.78 is 22.2. The van der Waals surface area contributed by atoms with E-state index in [1.54, 1.807) is 6.92 Å². The van der Waals surface area contributed by atoms with Crippen molar-refractivity contribution in [1.29, 1.82) is 0 Å². The van der Waals surface area contributed by atoms with Gasteiger partial charge in [-0.15, -0.1) is 0 Å². The molecule has 0 aliphatic heterocycles. The van der Waals surface area contributed by atoms with E-state index in [9.17, 15) is 9.59 Å². The molecule has 0 radical (unpaired) electrons. The smallest absolute Gasteiger partial charge is 0.461 e. The van der Waals surface area contributed by atoms with Crippen LogP contribution in [0.4, 0.5) is 0 Å². The first-order valence-electron chi connectivity index (χ1n) is 9.12. The summed E-state index contributed by atoms with van der Waals surface area (Å²) in [6, 6.07) is 0.660. The molecule has 26 heavy (non-hydrogen) atoms. The minimum atomic E-state index is -2.65. The Balaban J connectivity index is 3.94. The zero-order valence-corrected chi connectivity index (χ0v) is 17.5. The predicted molar refractivity (Wildman–Crippen MR) is 102 cm³/mol. The molecule has 2 N–H and O–H groups in total. The van der Waals surface area contributed by atoms with Gasteiger partial charge in [-0.2, -0.15) is 0 Å². The van der Waals surface area contributed by atoms with Crippen molar-refractivity contribution in [3.05, 3.63) is 12.2 Å². The Morgan fingerprint density at radius 1 is 1.00 bits per heavy atom. The second-order valence-electron chi connectivity index (χ2n) is 5.53. The highest BCUT2D eigenvalue weighted by Crippen LogP contribution is 2.17. The van der Waals surface area contributed by atoms with E-state index in [1.165, 1.54) is 0 Å². The second kappa shape index (κ2) is 14.9. The van der Waals surface area contributed by atoms with E-state index in [4.69, 9.17) is 18.0 Å². The van der Waals surface area contributed by atoms with Gasteiger partial charge in [0.1, 0.15) is 6.61 Å². The van der Waals surface area contributed by atoms with Gasteiger partial charge in [-0.25, -0.2) is 4.79 Å². The lowest BCUT2D eigenvalue weighted by atomic mass is 10.4. The predicted octanol–water partition coefficient (Wildman–Crippen LogP) is 1.25. The van der Waals surface area contributed by atoms with Gasteiger partial charge in [-0.1, -0.05) is 6.58 Å². The maximum Gasteiger partial charge on any atom is 0.500 e. The Hall–Kier alpha value is -1.26. The van der Waals surface area contributed by atoms with Gasteiger partial charge in [-0.3, -0.25) is 4.79 Å². The van der Waals surface area contributed by atoms with Crippen LogP contribution in [0.25, 0.3) is 0 Å². The van der Waals surface area contributed by atoms with Crippen molar-refractivity contribution in [3.63, 3.8) is 0 Å². The SMILES string of the molecule is C=C(C)C(=O)OCCNCC(=O)NCCC[Si](OCC)(OCC)OCC. The molecule has 8 nitrogen and oxygen atoms in total. The molecule has 9 heteroatoms. The lowest BCUT2D eigenvalue weighted by Gasteiger charge is -2.28. The Labute approximate surface area is 158 Å². The topological polar surface area (TPSA) is 95.1 Å². The van der Waals surface area contributed by atoms with E-state index in [2.05, 4.69) is 17.2 Å². The van der Waals surface area contributed by atoms with Crippen LogP contribution in [0, 0.1) is 0 Å². The molecule has 152 valence electrons. The Kier molecular flexibility index (Phi) is 14.1. The number of hydrogen-bond acceptors (Lipinski definition) is 7. The number of amides is 1. The number of carbonyl (C=O) groups is 2. The van der Waals surface area contributed by atoms with Crippen molar-refractivity contribution in [2.45, 2.75) is 40.2 Å². The van der Waals surface area contributed by atoms with Gasteiger partial charge >= 0.3 is 14.8 Å². The maximum absolute atomic E-state index is 11.8. The highest BCUT2D eigenvalue weighted by atomic mass is 28.4. The van der Waals surface area contributed by atoms with Crippen molar-refractivity contribution < 1.29 is 27.6 Å². The third kappa shape index (κ3) is 11.4. The number of nitrogens with one attached hydrogen (secondary N) is 2. The molecular formula is C17H34N2O6Si. The Morgan fingerprint density at radius 2 is 1.58 bits per heavy atom. The van der Waals surface area contributed by atoms with E-state index in [0.717, 1.165) is 0 Å². The van der Waals surface area contributed by atoms with Crippen LogP contribution in [0.1, 0.15) is 34.1 Å². The standard InChI is InChI=1S/C17H34N2O6Si/c1-6-23-26(24-7-2,25-8-3)13-9-10-19-16(20)14-18-11-12-22-17(21)15(4)5/h18H,4,6-14H2,1-3,5H3,(H,19,20). The van der Waals surface area contributed by atoms with Gasteiger partial charge in [0.15, 0.2) is 0 Å². The number of hydrogen-bond donors (Lipinski definition) is 2. The van der Waals surface area contributed by atoms with Gasteiger partial charge in [0.05, 0.1) is 6.54 Å². The van der Waals surface area contributed by atoms with E-state index in [-0.39, 0.29) is 19.1 Å². The molecule has 0 aromatic carbocycles. The third-order valence-electron chi connectivity index (χ3n) is 3.22. The first-order valence-corrected chi connectivity index (χ1v) is 11.1. The highest BCUT2D eigenvalue weighted by molar-refractivity contribution is 6.60. The summed E-state index contributed by atoms with van der Waals surface area (Å²) in [5, 5.41) is 5.74. The van der Waals surface area contributed by atoms with Gasteiger partial charge in [0.25, 0.3) is 0 Å². The molecule has 0 rings (SSSR count). The van der Waals surface area contributed by atoms with E-state index >= 15 is 0 Å². The summed E-state index contributed by atoms with van der Waals surface area (Å²) in [5.74, 6) is -0.547. The third-order valence-corrected chi connectivity index (χ3v) is 6.37. The van der Waals surface area contributed by atoms with Crippen molar-refractivity contribution in [1.82, 2.24) is 10.6 Å². The molecule has 0 fully saturated rings. The van der Waals surface area contributed by atoms with Crippen molar-refractivity contribution >= 4 is 20.7 Å². The van der Waals surface area contributed by atoms with Crippen LogP contribution in [0.15, 0.2) is 12.2 Å². The first-order chi connectivity index (χ1) is 12.4. The minimum Gasteiger partial charge on any atom is -0.461 e. The summed E-state index contributed by atoms with van der Waals surface area (Å²) in [6.07, 6.45) is 0.716. The average molecular weight is 391 g/mol. The minimum absolute atomic E-state index is 0.118. The molecule has 0 spiro atoms. The largest absolute Gasteiger partial charge is 0.500 e. The molecule has 0 aliphatic carbocycles. The zero-order chi connectivity index (χ0) is 19.8. The summed E-state index contributed by atoms with van der Waals surface area (Å²) in [6.45, 7) is 13.7. The molecule has 0 unspecified atom stereocenters. The van der Waals surface area contributed by atoms with Gasteiger partial charge in [0.2, 0.25) is 5.91 Å². The van der Waals surface area contributed by atoms with Crippen LogP contribution in [0.3, 0.4) is 0 Å². The molecule has 0 bridgehead atoms. The molecular weight excluding hydrogens is 356 g/mol. The van der Waals surface area contributed by atoms with Crippen molar-refractivity contribution in [2.24, 2.45) is 0 Å². The van der Waals surface area contributed by atoms with Crippen LogP contribution in [0.2, 0.25) is 6.04 Å². The summed E-state index contributed by atoms with van der Waals surface area (Å²) in [5.41, 5.74) is 0.355. The van der Waals surface area contributed by atoms with E-state index < -0.39 is 14.8 Å². The second-order valence-corrected chi connectivity index (χ2v) is 8.26. The molecule has 0 aromatic heterocycles. The number of esters is 1. The molecule has 0 saturated carbocycles. The quantitative estimate of drug-likeness (QED) is 0.177. The molecule has 0 atom stereocenters. The molecule has 0 aliphatic rings. The van der Waals surface area contributed by atoms with Gasteiger partial charge in [-0.05, 0) is 34.1 Å². The van der Waals surface area contributed by atoms with Crippen LogP contribution in [-0.4, -0.2) is 66.7 Å². The normalized spacial score (nSPS) is 11.2. The summed E-state index contributed by atoms with van der Waals surface area (Å²) in [7, 11) is -2.65. The summed E-state index contributed by atoms with van der Waals surface area (Å²) in [4.78, 5) is 23.0. The van der Waals surface area contributed by atoms with Gasteiger partial charge < -0.3 is 28.6 Å². The lowest BCUT2D eigenvalue weighted by Crippen LogP contribution is -2.46. The first kappa shape index (κ1) is 24.7. The molecule has 0 aromatic rings. The number of carbonyl (C=O) groups excluding carboxylic acids is 2. The Bertz CT molecular complexity index is 416. The average Bonchev–Trinajstić information content (AvgIpc) is 2.59. The Morgan fingerprint density at radius 3 is 2.08 bits per heavy atom. The van der Waals surface area contributed by atoms with Crippen molar-refractivity contribution in [2.75, 3.05) is 46.1 Å². The number of rotatable bonds is 16. The summed E-state index contributed by atoms with van der Waals surface area (Å²) >= 11 is 0. The van der Waals surface area contributed by atoms with Crippen LogP contribution < -0.4 is 10.6 Å². The van der Waals surface area contributed by atoms with Crippen LogP contribution in [0.5, 0.6) is 0 Å². The van der Waals surface area contributed by atoms with E-state index in [0.29, 0.717) is 50.9 Å². The van der Waals surface area contributed by atoms with Crippen LogP contribution >= 0.6 is 0 Å². The highest BCUT2D eigenvalue weighted by Gasteiger charge is 2.39. The molecule has 1 amide bonds. The lowest BCUT2D eigenvalue weighted by molar-refractivity contribution is -0.138. The fourth-order valence-electron chi connectivity index (χ4n) is 2.14. The fraction of sp³-hybridized carbons (Fsp3) is 0.765. The maximum atomic E-state index is 11.8. The zero-order valence-electron chi connectivity index (χ0n) is 16.5. The monoisotopic (exact) mass is 390 g/mol.